The normalized spacial score (nSPS) is 22.4. The van der Waals surface area contributed by atoms with Gasteiger partial charge in [0, 0.05) is 22.6 Å². The molecule has 0 radical (unpaired) electrons. The van der Waals surface area contributed by atoms with Crippen molar-refractivity contribution in [1.29, 1.82) is 0 Å². The van der Waals surface area contributed by atoms with E-state index in [1.807, 2.05) is 12.3 Å². The van der Waals surface area contributed by atoms with Gasteiger partial charge in [-0.15, -0.1) is 0 Å². The van der Waals surface area contributed by atoms with Gasteiger partial charge in [0.15, 0.2) is 0 Å². The summed E-state index contributed by atoms with van der Waals surface area (Å²) in [6.45, 7) is 9.34. The van der Waals surface area contributed by atoms with Crippen molar-refractivity contribution in [1.82, 2.24) is 4.57 Å². The van der Waals surface area contributed by atoms with Gasteiger partial charge in [-0.05, 0) is 6.07 Å². The van der Waals surface area contributed by atoms with Crippen LogP contribution in [0.4, 0.5) is 10.6 Å². The zero-order valence-corrected chi connectivity index (χ0v) is 12.7. The van der Waals surface area contributed by atoms with Gasteiger partial charge in [-0.1, -0.05) is 27.7 Å². The Balaban J connectivity index is 2.21. The lowest BCUT2D eigenvalue weighted by molar-refractivity contribution is 0.197. The Morgan fingerprint density at radius 2 is 1.95 bits per heavy atom. The van der Waals surface area contributed by atoms with Crippen molar-refractivity contribution in [3.8, 4) is 0 Å². The summed E-state index contributed by atoms with van der Waals surface area (Å²) in [6, 6.07) is 1.86. The topological polar surface area (TPSA) is 73.0 Å². The van der Waals surface area contributed by atoms with Crippen molar-refractivity contribution in [2.45, 2.75) is 33.1 Å². The number of nitrogens with zero attached hydrogens (tertiary/aromatic N) is 2. The van der Waals surface area contributed by atoms with Gasteiger partial charge in [-0.2, -0.15) is 0 Å². The van der Waals surface area contributed by atoms with Crippen LogP contribution in [0.25, 0.3) is 0 Å². The number of rotatable bonds is 1. The lowest BCUT2D eigenvalue weighted by Crippen LogP contribution is -2.39. The summed E-state index contributed by atoms with van der Waals surface area (Å²) in [6.07, 6.45) is 0.757. The summed E-state index contributed by atoms with van der Waals surface area (Å²) in [7, 11) is -0.638. The maximum atomic E-state index is 11.7. The van der Waals surface area contributed by atoms with Crippen LogP contribution < -0.4 is 5.59 Å². The van der Waals surface area contributed by atoms with Gasteiger partial charge < -0.3 is 14.4 Å². The maximum Gasteiger partial charge on any atom is 0.512 e. The molecule has 1 fully saturated rings. The standard InChI is InChI=1S/C14H19BN2O4/c1-13(2)8-16-11-9(14(13,3)4)7-10(17(11)12(18)19)15-20-5-6-21-15/h7-8H,5-6H2,1-4H3,(H,18,19). The van der Waals surface area contributed by atoms with Gasteiger partial charge in [0.05, 0.1) is 18.8 Å². The second-order valence-electron chi connectivity index (χ2n) is 6.60. The van der Waals surface area contributed by atoms with Crippen LogP contribution in [-0.4, -0.2) is 42.3 Å². The highest BCUT2D eigenvalue weighted by Crippen LogP contribution is 2.47. The molecule has 6 nitrogen and oxygen atoms in total. The molecule has 1 aromatic heterocycles. The van der Waals surface area contributed by atoms with E-state index in [2.05, 4.69) is 32.7 Å². The smallest absolute Gasteiger partial charge is 0.464 e. The Bertz CT molecular complexity index is 627. The molecule has 0 saturated carbocycles. The number of carbonyl (C=O) groups is 1. The fraction of sp³-hybridized carbons (Fsp3) is 0.571. The molecule has 0 bridgehead atoms. The van der Waals surface area contributed by atoms with Crippen LogP contribution in [0.3, 0.4) is 0 Å². The zero-order valence-electron chi connectivity index (χ0n) is 12.7. The quantitative estimate of drug-likeness (QED) is 0.800. The van der Waals surface area contributed by atoms with E-state index in [1.165, 1.54) is 4.57 Å². The molecule has 3 rings (SSSR count). The molecule has 3 heterocycles. The lowest BCUT2D eigenvalue weighted by Gasteiger charge is -2.41. The van der Waals surface area contributed by atoms with E-state index in [0.29, 0.717) is 24.6 Å². The molecule has 2 aliphatic heterocycles. The molecule has 0 amide bonds. The first-order valence-electron chi connectivity index (χ1n) is 7.03. The molecule has 1 saturated heterocycles. The summed E-state index contributed by atoms with van der Waals surface area (Å²) < 4.78 is 12.1. The molecule has 112 valence electrons. The van der Waals surface area contributed by atoms with Gasteiger partial charge in [0.1, 0.15) is 5.82 Å². The first-order valence-corrected chi connectivity index (χ1v) is 7.03. The first kappa shape index (κ1) is 14.3. The SMILES string of the molecule is CC1(C)C=Nc2c(cc(B3OCCO3)n2C(=O)O)C1(C)C. The van der Waals surface area contributed by atoms with Crippen LogP contribution in [-0.2, 0) is 14.7 Å². The highest BCUT2D eigenvalue weighted by Gasteiger charge is 2.45. The van der Waals surface area contributed by atoms with Gasteiger partial charge in [0.2, 0.25) is 0 Å². The molecule has 7 heteroatoms. The molecular formula is C14H19BN2O4. The van der Waals surface area contributed by atoms with Crippen molar-refractivity contribution in [2.24, 2.45) is 10.4 Å². The van der Waals surface area contributed by atoms with Crippen molar-refractivity contribution in [2.75, 3.05) is 13.2 Å². The van der Waals surface area contributed by atoms with E-state index in [-0.39, 0.29) is 10.8 Å². The number of aliphatic imine (C=N–C) groups is 1. The summed E-state index contributed by atoms with van der Waals surface area (Å²) in [4.78, 5) is 16.1. The average Bonchev–Trinajstić information content (AvgIpc) is 3.01. The highest BCUT2D eigenvalue weighted by molar-refractivity contribution is 6.61. The molecule has 1 N–H and O–H groups in total. The Kier molecular flexibility index (Phi) is 3.04. The zero-order chi connectivity index (χ0) is 15.4. The van der Waals surface area contributed by atoms with Crippen molar-refractivity contribution in [3.05, 3.63) is 11.6 Å². The first-order chi connectivity index (χ1) is 9.75. The number of aromatic nitrogens is 1. The van der Waals surface area contributed by atoms with Gasteiger partial charge >= 0.3 is 13.2 Å². The Hall–Kier alpha value is -1.60. The van der Waals surface area contributed by atoms with Crippen molar-refractivity contribution >= 4 is 30.8 Å². The van der Waals surface area contributed by atoms with Gasteiger partial charge in [0.25, 0.3) is 0 Å². The third-order valence-corrected chi connectivity index (χ3v) is 4.85. The summed E-state index contributed by atoms with van der Waals surface area (Å²) in [5, 5.41) is 9.55. The molecule has 0 atom stereocenters. The Morgan fingerprint density at radius 1 is 1.33 bits per heavy atom. The maximum absolute atomic E-state index is 11.7. The fourth-order valence-electron chi connectivity index (χ4n) is 2.74. The van der Waals surface area contributed by atoms with E-state index in [1.54, 1.807) is 0 Å². The van der Waals surface area contributed by atoms with E-state index >= 15 is 0 Å². The number of hydrogen-bond acceptors (Lipinski definition) is 4. The minimum atomic E-state index is -1.07. The van der Waals surface area contributed by atoms with E-state index in [0.717, 1.165) is 5.56 Å². The molecule has 0 aromatic carbocycles. The summed E-state index contributed by atoms with van der Waals surface area (Å²) >= 11 is 0. The summed E-state index contributed by atoms with van der Waals surface area (Å²) in [5.74, 6) is 0.459. The number of fused-ring (bicyclic) bond motifs is 1. The molecular weight excluding hydrogens is 271 g/mol. The molecule has 0 unspecified atom stereocenters. The van der Waals surface area contributed by atoms with Crippen LogP contribution >= 0.6 is 0 Å². The summed E-state index contributed by atoms with van der Waals surface area (Å²) in [5.41, 5.74) is 0.997. The van der Waals surface area contributed by atoms with E-state index in [4.69, 9.17) is 9.31 Å². The Morgan fingerprint density at radius 3 is 2.52 bits per heavy atom. The van der Waals surface area contributed by atoms with Gasteiger partial charge in [-0.25, -0.2) is 14.4 Å². The molecule has 2 aliphatic rings. The van der Waals surface area contributed by atoms with Crippen LogP contribution in [0.2, 0.25) is 0 Å². The second kappa shape index (κ2) is 4.45. The average molecular weight is 290 g/mol. The van der Waals surface area contributed by atoms with Crippen LogP contribution in [0.1, 0.15) is 33.3 Å². The predicted molar refractivity (Wildman–Crippen MR) is 80.1 cm³/mol. The third-order valence-electron chi connectivity index (χ3n) is 4.85. The second-order valence-corrected chi connectivity index (χ2v) is 6.60. The van der Waals surface area contributed by atoms with Crippen molar-refractivity contribution in [3.63, 3.8) is 0 Å². The Labute approximate surface area is 123 Å². The van der Waals surface area contributed by atoms with Crippen molar-refractivity contribution < 1.29 is 19.2 Å². The van der Waals surface area contributed by atoms with Gasteiger partial charge in [-0.3, -0.25) is 0 Å². The fourth-order valence-corrected chi connectivity index (χ4v) is 2.74. The lowest BCUT2D eigenvalue weighted by atomic mass is 9.64. The molecule has 1 aromatic rings. The van der Waals surface area contributed by atoms with Crippen LogP contribution in [0, 0.1) is 5.41 Å². The molecule has 0 spiro atoms. The van der Waals surface area contributed by atoms with E-state index < -0.39 is 13.2 Å². The van der Waals surface area contributed by atoms with Crippen LogP contribution in [0.5, 0.6) is 0 Å². The number of carboxylic acid groups (broad SMARTS) is 1. The minimum Gasteiger partial charge on any atom is -0.464 e. The number of hydrogen-bond donors (Lipinski definition) is 1. The highest BCUT2D eigenvalue weighted by atomic mass is 16.6. The third kappa shape index (κ3) is 1.95. The predicted octanol–water partition coefficient (Wildman–Crippen LogP) is 1.78. The van der Waals surface area contributed by atoms with E-state index in [9.17, 15) is 9.90 Å². The monoisotopic (exact) mass is 290 g/mol. The molecule has 21 heavy (non-hydrogen) atoms. The largest absolute Gasteiger partial charge is 0.512 e. The molecule has 0 aliphatic carbocycles. The van der Waals surface area contributed by atoms with Crippen LogP contribution in [0.15, 0.2) is 11.1 Å². The minimum absolute atomic E-state index is 0.167.